The molecule has 0 aliphatic carbocycles. The second-order valence-electron chi connectivity index (χ2n) is 6.83. The van der Waals surface area contributed by atoms with E-state index in [1.54, 1.807) is 0 Å². The van der Waals surface area contributed by atoms with Crippen molar-refractivity contribution in [2.24, 2.45) is 11.8 Å². The van der Waals surface area contributed by atoms with E-state index in [4.69, 9.17) is 0 Å². The second-order valence-corrected chi connectivity index (χ2v) is 6.83. The molecule has 1 aliphatic rings. The highest BCUT2D eigenvalue weighted by Gasteiger charge is 2.32. The van der Waals surface area contributed by atoms with Gasteiger partial charge in [0.15, 0.2) is 0 Å². The Labute approximate surface area is 128 Å². The van der Waals surface area contributed by atoms with Crippen LogP contribution in [0.25, 0.3) is 0 Å². The summed E-state index contributed by atoms with van der Waals surface area (Å²) >= 11 is 0. The van der Waals surface area contributed by atoms with Crippen molar-refractivity contribution < 1.29 is 0 Å². The van der Waals surface area contributed by atoms with Gasteiger partial charge in [0.25, 0.3) is 0 Å². The molecule has 1 N–H and O–H groups in total. The quantitative estimate of drug-likeness (QED) is 0.862. The van der Waals surface area contributed by atoms with Gasteiger partial charge in [-0.25, -0.2) is 9.97 Å². The largest absolute Gasteiger partial charge is 0.339 e. The smallest absolute Gasteiger partial charge is 0.225 e. The summed E-state index contributed by atoms with van der Waals surface area (Å²) in [7, 11) is 4.30. The summed E-state index contributed by atoms with van der Waals surface area (Å²) in [5, 5.41) is 3.42. The summed E-state index contributed by atoms with van der Waals surface area (Å²) in [6.07, 6.45) is 3.90. The number of hydrogen-bond donors (Lipinski definition) is 1. The van der Waals surface area contributed by atoms with E-state index in [1.807, 2.05) is 12.4 Å². The maximum absolute atomic E-state index is 4.54. The highest BCUT2D eigenvalue weighted by atomic mass is 15.3. The van der Waals surface area contributed by atoms with Crippen LogP contribution in [-0.4, -0.2) is 54.6 Å². The first-order valence-corrected chi connectivity index (χ1v) is 7.90. The Balaban J connectivity index is 1.90. The van der Waals surface area contributed by atoms with E-state index in [9.17, 15) is 0 Å². The van der Waals surface area contributed by atoms with Gasteiger partial charge in [-0.3, -0.25) is 0 Å². The lowest BCUT2D eigenvalue weighted by atomic mass is 10.1. The molecule has 1 aliphatic heterocycles. The van der Waals surface area contributed by atoms with E-state index >= 15 is 0 Å². The van der Waals surface area contributed by atoms with Crippen molar-refractivity contribution in [3.63, 3.8) is 0 Å². The predicted octanol–water partition coefficient (Wildman–Crippen LogP) is 1.61. The van der Waals surface area contributed by atoms with Crippen LogP contribution < -0.4 is 10.2 Å². The Bertz CT molecular complexity index is 429. The molecule has 1 aromatic heterocycles. The molecule has 5 heteroatoms. The van der Waals surface area contributed by atoms with Gasteiger partial charge in [0, 0.05) is 43.6 Å². The summed E-state index contributed by atoms with van der Waals surface area (Å²) in [5.74, 6) is 2.18. The van der Waals surface area contributed by atoms with Crippen LogP contribution in [0.15, 0.2) is 12.4 Å². The molecular weight excluding hydrogens is 262 g/mol. The summed E-state index contributed by atoms with van der Waals surface area (Å²) < 4.78 is 0. The number of nitrogens with zero attached hydrogens (tertiary/aromatic N) is 4. The summed E-state index contributed by atoms with van der Waals surface area (Å²) in [5.41, 5.74) is 1.15. The molecule has 0 radical (unpaired) electrons. The molecule has 2 heterocycles. The van der Waals surface area contributed by atoms with E-state index in [1.165, 1.54) is 0 Å². The fraction of sp³-hybridized carbons (Fsp3) is 0.750. The number of hydrogen-bond acceptors (Lipinski definition) is 5. The third-order valence-corrected chi connectivity index (χ3v) is 4.09. The Morgan fingerprint density at radius 3 is 2.48 bits per heavy atom. The summed E-state index contributed by atoms with van der Waals surface area (Å²) in [6, 6.07) is 0.584. The van der Waals surface area contributed by atoms with Gasteiger partial charge in [-0.2, -0.15) is 0 Å². The van der Waals surface area contributed by atoms with E-state index in [-0.39, 0.29) is 0 Å². The molecule has 1 aromatic rings. The van der Waals surface area contributed by atoms with Gasteiger partial charge in [0.05, 0.1) is 0 Å². The molecule has 1 fully saturated rings. The molecule has 2 unspecified atom stereocenters. The van der Waals surface area contributed by atoms with Gasteiger partial charge in [-0.15, -0.1) is 0 Å². The molecular formula is C16H29N5. The van der Waals surface area contributed by atoms with Crippen molar-refractivity contribution in [1.29, 1.82) is 0 Å². The minimum atomic E-state index is 0.584. The number of aromatic nitrogens is 2. The van der Waals surface area contributed by atoms with Gasteiger partial charge < -0.3 is 15.1 Å². The number of anilines is 1. The average molecular weight is 291 g/mol. The van der Waals surface area contributed by atoms with E-state index in [0.717, 1.165) is 37.7 Å². The Morgan fingerprint density at radius 1 is 1.29 bits per heavy atom. The molecule has 118 valence electrons. The third kappa shape index (κ3) is 4.38. The predicted molar refractivity (Wildman–Crippen MR) is 87.4 cm³/mol. The fourth-order valence-corrected chi connectivity index (χ4v) is 2.89. The van der Waals surface area contributed by atoms with Crippen LogP contribution in [0.1, 0.15) is 26.3 Å². The van der Waals surface area contributed by atoms with Crippen molar-refractivity contribution in [1.82, 2.24) is 20.2 Å². The first-order valence-electron chi connectivity index (χ1n) is 7.90. The van der Waals surface area contributed by atoms with E-state index in [0.29, 0.717) is 17.9 Å². The monoisotopic (exact) mass is 291 g/mol. The van der Waals surface area contributed by atoms with E-state index in [2.05, 4.69) is 60.0 Å². The lowest BCUT2D eigenvalue weighted by Crippen LogP contribution is -2.34. The average Bonchev–Trinajstić information content (AvgIpc) is 2.81. The first kappa shape index (κ1) is 16.2. The summed E-state index contributed by atoms with van der Waals surface area (Å²) in [4.78, 5) is 13.7. The van der Waals surface area contributed by atoms with Gasteiger partial charge in [0.1, 0.15) is 0 Å². The highest BCUT2D eigenvalue weighted by Crippen LogP contribution is 2.23. The number of likely N-dealkylation sites (N-methyl/N-ethyl adjacent to an activating group) is 1. The van der Waals surface area contributed by atoms with Crippen LogP contribution in [0, 0.1) is 11.8 Å². The van der Waals surface area contributed by atoms with E-state index < -0.39 is 0 Å². The molecule has 5 nitrogen and oxygen atoms in total. The molecule has 0 bridgehead atoms. The first-order chi connectivity index (χ1) is 9.97. The lowest BCUT2D eigenvalue weighted by molar-refractivity contribution is 0.266. The third-order valence-electron chi connectivity index (χ3n) is 4.09. The lowest BCUT2D eigenvalue weighted by Gasteiger charge is -2.22. The van der Waals surface area contributed by atoms with Crippen LogP contribution in [-0.2, 0) is 6.54 Å². The molecule has 0 saturated carbocycles. The molecule has 0 spiro atoms. The second kappa shape index (κ2) is 7.18. The van der Waals surface area contributed by atoms with Crippen LogP contribution >= 0.6 is 0 Å². The van der Waals surface area contributed by atoms with Crippen molar-refractivity contribution >= 4 is 5.95 Å². The number of rotatable bonds is 6. The fourth-order valence-electron chi connectivity index (χ4n) is 2.89. The molecule has 0 amide bonds. The zero-order valence-electron chi connectivity index (χ0n) is 14.0. The molecule has 21 heavy (non-hydrogen) atoms. The highest BCUT2D eigenvalue weighted by molar-refractivity contribution is 5.33. The minimum absolute atomic E-state index is 0.584. The van der Waals surface area contributed by atoms with Gasteiger partial charge in [-0.1, -0.05) is 20.8 Å². The van der Waals surface area contributed by atoms with Crippen molar-refractivity contribution in [2.75, 3.05) is 38.6 Å². The molecule has 0 aromatic carbocycles. The Hall–Kier alpha value is -1.20. The van der Waals surface area contributed by atoms with Crippen molar-refractivity contribution in [3.05, 3.63) is 18.0 Å². The topological polar surface area (TPSA) is 44.3 Å². The molecule has 1 saturated heterocycles. The van der Waals surface area contributed by atoms with Gasteiger partial charge >= 0.3 is 0 Å². The number of nitrogens with one attached hydrogen (secondary N) is 1. The van der Waals surface area contributed by atoms with Gasteiger partial charge in [-0.05, 0) is 32.5 Å². The standard InChI is InChI=1S/C16H29N5/c1-12(2)6-17-7-14-8-18-16(19-9-14)21-10-13(3)15(11-21)20(4)5/h8-9,12-13,15,17H,6-7,10-11H2,1-5H3. The maximum atomic E-state index is 4.54. The Kier molecular flexibility index (Phi) is 5.53. The van der Waals surface area contributed by atoms with Crippen LogP contribution in [0.2, 0.25) is 0 Å². The zero-order chi connectivity index (χ0) is 15.4. The zero-order valence-corrected chi connectivity index (χ0v) is 14.0. The summed E-state index contributed by atoms with van der Waals surface area (Å²) in [6.45, 7) is 10.6. The SMILES string of the molecule is CC(C)CNCc1cnc(N2CC(C)C(N(C)C)C2)nc1. The Morgan fingerprint density at radius 2 is 1.95 bits per heavy atom. The minimum Gasteiger partial charge on any atom is -0.339 e. The molecule has 2 atom stereocenters. The van der Waals surface area contributed by atoms with Crippen LogP contribution in [0.5, 0.6) is 0 Å². The van der Waals surface area contributed by atoms with Crippen molar-refractivity contribution in [3.8, 4) is 0 Å². The molecule has 2 rings (SSSR count). The van der Waals surface area contributed by atoms with Crippen LogP contribution in [0.4, 0.5) is 5.95 Å². The maximum Gasteiger partial charge on any atom is 0.225 e. The van der Waals surface area contributed by atoms with Gasteiger partial charge in [0.2, 0.25) is 5.95 Å². The normalized spacial score (nSPS) is 22.5. The van der Waals surface area contributed by atoms with Crippen molar-refractivity contribution in [2.45, 2.75) is 33.4 Å². The van der Waals surface area contributed by atoms with Crippen LogP contribution in [0.3, 0.4) is 0 Å².